The molecular weight excluding hydrogens is 133 g/mol. The van der Waals surface area contributed by atoms with Gasteiger partial charge in [-0.3, -0.25) is 0 Å². The number of rotatable bonds is 1. The molecule has 0 bridgehead atoms. The third-order valence-corrected chi connectivity index (χ3v) is 1.23. The Kier molecular flexibility index (Phi) is 1.76. The number of nitrogens with two attached hydrogens (primary N) is 1. The summed E-state index contributed by atoms with van der Waals surface area (Å²) in [4.78, 5) is 0. The zero-order chi connectivity index (χ0) is 7.56. The SMILES string of the molecule is COc1cccc(F)c1N. The van der Waals surface area contributed by atoms with Crippen molar-refractivity contribution in [3.8, 4) is 5.75 Å². The Balaban J connectivity index is 3.14. The van der Waals surface area contributed by atoms with Gasteiger partial charge >= 0.3 is 0 Å². The van der Waals surface area contributed by atoms with Gasteiger partial charge in [-0.05, 0) is 12.1 Å². The molecule has 3 heteroatoms. The number of benzene rings is 1. The minimum absolute atomic E-state index is 0.0602. The summed E-state index contributed by atoms with van der Waals surface area (Å²) in [6.07, 6.45) is 0. The Hall–Kier alpha value is -1.25. The first-order valence-corrected chi connectivity index (χ1v) is 2.83. The Morgan fingerprint density at radius 3 is 2.70 bits per heavy atom. The van der Waals surface area contributed by atoms with E-state index < -0.39 is 5.82 Å². The van der Waals surface area contributed by atoms with Gasteiger partial charge in [0.05, 0.1) is 7.11 Å². The van der Waals surface area contributed by atoms with E-state index in [0.29, 0.717) is 5.75 Å². The van der Waals surface area contributed by atoms with Crippen LogP contribution in [0, 0.1) is 5.82 Å². The van der Waals surface area contributed by atoms with Gasteiger partial charge in [0, 0.05) is 0 Å². The van der Waals surface area contributed by atoms with Gasteiger partial charge in [0.15, 0.2) is 0 Å². The molecule has 0 aromatic heterocycles. The number of anilines is 1. The average Bonchev–Trinajstić information content (AvgIpc) is 1.95. The number of ether oxygens (including phenoxy) is 1. The van der Waals surface area contributed by atoms with Crippen LogP contribution in [0.1, 0.15) is 0 Å². The lowest BCUT2D eigenvalue weighted by Crippen LogP contribution is -1.94. The Labute approximate surface area is 58.4 Å². The van der Waals surface area contributed by atoms with E-state index >= 15 is 0 Å². The molecule has 0 unspecified atom stereocenters. The zero-order valence-corrected chi connectivity index (χ0v) is 5.60. The van der Waals surface area contributed by atoms with E-state index in [9.17, 15) is 4.39 Å². The normalized spacial score (nSPS) is 9.40. The highest BCUT2D eigenvalue weighted by Crippen LogP contribution is 2.22. The Morgan fingerprint density at radius 1 is 1.50 bits per heavy atom. The summed E-state index contributed by atoms with van der Waals surface area (Å²) in [5, 5.41) is 0. The van der Waals surface area contributed by atoms with Crippen LogP contribution in [0.25, 0.3) is 0 Å². The summed E-state index contributed by atoms with van der Waals surface area (Å²) >= 11 is 0. The van der Waals surface area contributed by atoms with Crippen LogP contribution in [-0.2, 0) is 0 Å². The van der Waals surface area contributed by atoms with Crippen LogP contribution in [0.5, 0.6) is 5.75 Å². The quantitative estimate of drug-likeness (QED) is 0.600. The largest absolute Gasteiger partial charge is 0.494 e. The van der Waals surface area contributed by atoms with Crippen LogP contribution >= 0.6 is 0 Å². The summed E-state index contributed by atoms with van der Waals surface area (Å²) in [6, 6.07) is 4.45. The molecule has 0 saturated heterocycles. The molecule has 0 amide bonds. The van der Waals surface area contributed by atoms with Gasteiger partial charge in [-0.1, -0.05) is 6.07 Å². The molecule has 0 heterocycles. The van der Waals surface area contributed by atoms with E-state index in [0.717, 1.165) is 0 Å². The molecule has 0 aliphatic carbocycles. The minimum Gasteiger partial charge on any atom is -0.494 e. The van der Waals surface area contributed by atoms with E-state index in [1.807, 2.05) is 0 Å². The van der Waals surface area contributed by atoms with Gasteiger partial charge in [-0.25, -0.2) is 4.39 Å². The van der Waals surface area contributed by atoms with Crippen molar-refractivity contribution >= 4 is 5.69 Å². The second-order valence-electron chi connectivity index (χ2n) is 1.86. The molecule has 1 rings (SSSR count). The van der Waals surface area contributed by atoms with E-state index in [1.165, 1.54) is 13.2 Å². The average molecular weight is 141 g/mol. The summed E-state index contributed by atoms with van der Waals surface area (Å²) in [6.45, 7) is 0. The van der Waals surface area contributed by atoms with Crippen molar-refractivity contribution in [3.63, 3.8) is 0 Å². The lowest BCUT2D eigenvalue weighted by molar-refractivity contribution is 0.414. The first kappa shape index (κ1) is 6.86. The number of halogens is 1. The standard InChI is InChI=1S/C7H8FNO/c1-10-6-4-2-3-5(8)7(6)9/h2-4H,9H2,1H3. The fraction of sp³-hybridized carbons (Fsp3) is 0.143. The number of nitrogen functional groups attached to an aromatic ring is 1. The fourth-order valence-corrected chi connectivity index (χ4v) is 0.695. The molecule has 10 heavy (non-hydrogen) atoms. The van der Waals surface area contributed by atoms with Crippen LogP contribution in [0.3, 0.4) is 0 Å². The summed E-state index contributed by atoms with van der Waals surface area (Å²) in [5.74, 6) is -0.0700. The molecule has 0 radical (unpaired) electrons. The van der Waals surface area contributed by atoms with Crippen LogP contribution < -0.4 is 10.5 Å². The molecule has 0 aliphatic rings. The zero-order valence-electron chi connectivity index (χ0n) is 5.60. The predicted molar refractivity (Wildman–Crippen MR) is 37.4 cm³/mol. The second kappa shape index (κ2) is 2.56. The summed E-state index contributed by atoms with van der Waals surface area (Å²) in [5.41, 5.74) is 5.35. The van der Waals surface area contributed by atoms with Crippen LogP contribution in [0.4, 0.5) is 10.1 Å². The van der Waals surface area contributed by atoms with Crippen molar-refractivity contribution in [3.05, 3.63) is 24.0 Å². The number of para-hydroxylation sites is 1. The van der Waals surface area contributed by atoms with E-state index in [4.69, 9.17) is 10.5 Å². The lowest BCUT2D eigenvalue weighted by Gasteiger charge is -2.02. The summed E-state index contributed by atoms with van der Waals surface area (Å²) < 4.78 is 17.3. The molecule has 1 aromatic carbocycles. The third-order valence-electron chi connectivity index (χ3n) is 1.23. The summed E-state index contributed by atoms with van der Waals surface area (Å²) in [7, 11) is 1.45. The highest BCUT2D eigenvalue weighted by atomic mass is 19.1. The molecule has 0 spiro atoms. The monoisotopic (exact) mass is 141 g/mol. The van der Waals surface area contributed by atoms with Gasteiger partial charge in [0.2, 0.25) is 0 Å². The smallest absolute Gasteiger partial charge is 0.149 e. The van der Waals surface area contributed by atoms with Gasteiger partial charge in [0.25, 0.3) is 0 Å². The molecule has 1 aromatic rings. The molecule has 0 atom stereocenters. The Bertz CT molecular complexity index is 237. The van der Waals surface area contributed by atoms with Crippen LogP contribution in [0.15, 0.2) is 18.2 Å². The van der Waals surface area contributed by atoms with E-state index in [-0.39, 0.29) is 5.69 Å². The van der Waals surface area contributed by atoms with E-state index in [2.05, 4.69) is 0 Å². The van der Waals surface area contributed by atoms with Crippen molar-refractivity contribution in [2.75, 3.05) is 12.8 Å². The minimum atomic E-state index is -0.445. The molecule has 0 saturated carbocycles. The highest BCUT2D eigenvalue weighted by molar-refractivity contribution is 5.52. The molecule has 0 aliphatic heterocycles. The third kappa shape index (κ3) is 1.03. The van der Waals surface area contributed by atoms with Gasteiger partial charge < -0.3 is 10.5 Å². The highest BCUT2D eigenvalue weighted by Gasteiger charge is 2.01. The topological polar surface area (TPSA) is 35.2 Å². The van der Waals surface area contributed by atoms with Crippen molar-refractivity contribution in [1.29, 1.82) is 0 Å². The van der Waals surface area contributed by atoms with Gasteiger partial charge in [0.1, 0.15) is 17.3 Å². The first-order chi connectivity index (χ1) is 4.75. The van der Waals surface area contributed by atoms with Crippen molar-refractivity contribution in [1.82, 2.24) is 0 Å². The van der Waals surface area contributed by atoms with Crippen molar-refractivity contribution in [2.45, 2.75) is 0 Å². The van der Waals surface area contributed by atoms with Gasteiger partial charge in [-0.15, -0.1) is 0 Å². The molecular formula is C7H8FNO. The molecule has 2 nitrogen and oxygen atoms in total. The number of hydrogen-bond acceptors (Lipinski definition) is 2. The van der Waals surface area contributed by atoms with Crippen LogP contribution in [-0.4, -0.2) is 7.11 Å². The predicted octanol–water partition coefficient (Wildman–Crippen LogP) is 1.42. The molecule has 54 valence electrons. The number of methoxy groups -OCH3 is 1. The second-order valence-corrected chi connectivity index (χ2v) is 1.86. The molecule has 0 fully saturated rings. The van der Waals surface area contributed by atoms with E-state index in [1.54, 1.807) is 12.1 Å². The maximum atomic E-state index is 12.6. The Morgan fingerprint density at radius 2 is 2.20 bits per heavy atom. The molecule has 2 N–H and O–H groups in total. The maximum absolute atomic E-state index is 12.6. The first-order valence-electron chi connectivity index (χ1n) is 2.83. The number of hydrogen-bond donors (Lipinski definition) is 1. The maximum Gasteiger partial charge on any atom is 0.149 e. The fourth-order valence-electron chi connectivity index (χ4n) is 0.695. The van der Waals surface area contributed by atoms with Crippen molar-refractivity contribution < 1.29 is 9.13 Å². The van der Waals surface area contributed by atoms with Crippen LogP contribution in [0.2, 0.25) is 0 Å². The van der Waals surface area contributed by atoms with Crippen molar-refractivity contribution in [2.24, 2.45) is 0 Å². The lowest BCUT2D eigenvalue weighted by atomic mass is 10.3. The van der Waals surface area contributed by atoms with Gasteiger partial charge in [-0.2, -0.15) is 0 Å².